The zero-order valence-electron chi connectivity index (χ0n) is 55.2. The number of benzene rings is 5. The second-order valence-corrected chi connectivity index (χ2v) is 26.1. The Labute approximate surface area is 561 Å². The van der Waals surface area contributed by atoms with Crippen molar-refractivity contribution in [1.29, 1.82) is 26.3 Å². The molecule has 5 aromatic rings. The summed E-state index contributed by atoms with van der Waals surface area (Å²) >= 11 is 0. The highest BCUT2D eigenvalue weighted by molar-refractivity contribution is 6.03. The monoisotopic (exact) mass is 1320 g/mol. The maximum absolute atomic E-state index is 12.1. The first-order valence-corrected chi connectivity index (χ1v) is 30.8. The summed E-state index contributed by atoms with van der Waals surface area (Å²) in [5, 5.41) is 62.0. The van der Waals surface area contributed by atoms with E-state index in [-0.39, 0.29) is 92.6 Å². The zero-order chi connectivity index (χ0) is 71.7. The van der Waals surface area contributed by atoms with E-state index >= 15 is 0 Å². The van der Waals surface area contributed by atoms with E-state index < -0.39 is 58.3 Å². The van der Waals surface area contributed by atoms with Crippen LogP contribution in [0, 0.1) is 86.2 Å². The molecule has 0 aliphatic carbocycles. The number of anilines is 5. The molecule has 5 fully saturated rings. The third-order valence-electron chi connectivity index (χ3n) is 15.0. The number of nitrogens with zero attached hydrogens (tertiary/aromatic N) is 10. The maximum atomic E-state index is 12.1. The second kappa shape index (κ2) is 32.4. The maximum Gasteiger partial charge on any atom is 0.311 e. The van der Waals surface area contributed by atoms with Gasteiger partial charge in [0.1, 0.15) is 16.8 Å². The molecule has 2 unspecified atom stereocenters. The van der Waals surface area contributed by atoms with Gasteiger partial charge in [0.25, 0.3) is 0 Å². The molecule has 0 bridgehead atoms. The topological polar surface area (TPSA) is 374 Å². The third-order valence-corrected chi connectivity index (χ3v) is 15.0. The number of carbonyl (C=O) groups excluding carboxylic acids is 8. The molecule has 25 nitrogen and oxygen atoms in total. The van der Waals surface area contributed by atoms with Crippen LogP contribution in [0.3, 0.4) is 0 Å². The van der Waals surface area contributed by atoms with Crippen molar-refractivity contribution in [3.63, 3.8) is 0 Å². The first kappa shape index (κ1) is 74.3. The van der Waals surface area contributed by atoms with Crippen LogP contribution in [0.4, 0.5) is 28.4 Å². The number of carbonyl (C=O) groups is 10. The minimum absolute atomic E-state index is 0.0200. The summed E-state index contributed by atoms with van der Waals surface area (Å²) in [4.78, 5) is 125. The minimum Gasteiger partial charge on any atom is -0.481 e. The van der Waals surface area contributed by atoms with E-state index in [2.05, 4.69) is 0 Å². The molecule has 5 heterocycles. The van der Waals surface area contributed by atoms with E-state index in [1.165, 1.54) is 24.5 Å². The number of hydrogen-bond acceptors (Lipinski definition) is 18. The number of carboxylic acids is 2. The summed E-state index contributed by atoms with van der Waals surface area (Å²) in [6, 6.07) is 43.7. The molecular formula is C72H74N10O15. The van der Waals surface area contributed by atoms with Crippen LogP contribution < -0.4 is 24.5 Å². The van der Waals surface area contributed by atoms with Crippen LogP contribution in [0.15, 0.2) is 121 Å². The van der Waals surface area contributed by atoms with Crippen molar-refractivity contribution in [1.82, 2.24) is 0 Å². The summed E-state index contributed by atoms with van der Waals surface area (Å²) in [5.41, 5.74) is 3.78. The molecule has 10 rings (SSSR count). The molecule has 25 heteroatoms. The molecule has 0 aromatic heterocycles. The Morgan fingerprint density at radius 3 is 0.670 bits per heavy atom. The van der Waals surface area contributed by atoms with E-state index in [1.807, 2.05) is 30.3 Å². The number of nitriles is 5. The number of carboxylic acid groups (broad SMARTS) is 2. The van der Waals surface area contributed by atoms with Crippen LogP contribution in [0.1, 0.15) is 122 Å². The summed E-state index contributed by atoms with van der Waals surface area (Å²) in [6.07, 6.45) is 0.474. The van der Waals surface area contributed by atoms with Gasteiger partial charge in [0, 0.05) is 93.3 Å². The van der Waals surface area contributed by atoms with Gasteiger partial charge in [-0.25, -0.2) is 0 Å². The van der Waals surface area contributed by atoms with Crippen LogP contribution in [0.25, 0.3) is 0 Å². The highest BCUT2D eigenvalue weighted by Crippen LogP contribution is 2.32. The molecule has 5 amide bonds. The fourth-order valence-corrected chi connectivity index (χ4v) is 10.5. The molecular weight excluding hydrogens is 1240 g/mol. The van der Waals surface area contributed by atoms with Crippen LogP contribution >= 0.6 is 0 Å². The van der Waals surface area contributed by atoms with Crippen molar-refractivity contribution in [3.05, 3.63) is 149 Å². The van der Waals surface area contributed by atoms with Gasteiger partial charge in [-0.05, 0) is 153 Å². The lowest BCUT2D eigenvalue weighted by Gasteiger charge is -2.22. The van der Waals surface area contributed by atoms with Crippen LogP contribution in [0.5, 0.6) is 0 Å². The average Bonchev–Trinajstić information content (AvgIpc) is 1.76. The quantitative estimate of drug-likeness (QED) is 0.0974. The second-order valence-electron chi connectivity index (χ2n) is 26.1. The van der Waals surface area contributed by atoms with Crippen LogP contribution in [-0.2, 0) is 62.2 Å². The Hall–Kier alpha value is -11.8. The predicted octanol–water partition coefficient (Wildman–Crippen LogP) is 8.75. The summed E-state index contributed by atoms with van der Waals surface area (Å²) in [6.45, 7) is 17.4. The molecule has 0 spiro atoms. The molecule has 5 saturated heterocycles. The van der Waals surface area contributed by atoms with E-state index in [0.717, 1.165) is 0 Å². The van der Waals surface area contributed by atoms with Gasteiger partial charge in [-0.1, -0.05) is 30.3 Å². The molecule has 5 aliphatic heterocycles. The van der Waals surface area contributed by atoms with Crippen molar-refractivity contribution in [3.8, 4) is 30.3 Å². The van der Waals surface area contributed by atoms with Crippen molar-refractivity contribution < 1.29 is 72.4 Å². The predicted molar refractivity (Wildman–Crippen MR) is 351 cm³/mol. The number of amides is 5. The standard InChI is InChI=1S/3C16H18N2O3.2C12H10N2O3/c3*1-16(2,3)21-15(20)12-8-14(19)18(10-12)13-6-4-5-11(7-13)9-17;2*13-6-8-2-1-3-10(4-8)14-7-9(12(16)17)5-11(14)15/h3*4-7,12H,8,10H2,1-3H3;2*1-4,9H,5,7H2,(H,16,17)/t2*12-;;9-;/m10.0./s1. The van der Waals surface area contributed by atoms with Gasteiger partial charge in [-0.2, -0.15) is 26.3 Å². The SMILES string of the molecule is CC(C)(C)OC(=O)C1CC(=O)N(c2cccc(C#N)c2)C1.CC(C)(C)OC(=O)[C@@H]1CC(=O)N(c2cccc(C#N)c2)C1.CC(C)(C)OC(=O)[C@H]1CC(=O)N(c2cccc(C#N)c2)C1.N#Cc1cccc(N2CC(C(=O)O)CC2=O)c1.N#Cc1cccc(N2C[C@@H](C(=O)O)CC2=O)c1. The van der Waals surface area contributed by atoms with Gasteiger partial charge in [0.2, 0.25) is 29.5 Å². The Morgan fingerprint density at radius 2 is 0.515 bits per heavy atom. The number of hydrogen-bond donors (Lipinski definition) is 2. The zero-order valence-corrected chi connectivity index (χ0v) is 55.2. The minimum atomic E-state index is -0.961. The van der Waals surface area contributed by atoms with E-state index in [4.69, 9.17) is 50.7 Å². The van der Waals surface area contributed by atoms with Gasteiger partial charge < -0.3 is 48.9 Å². The van der Waals surface area contributed by atoms with Crippen molar-refractivity contribution in [2.75, 3.05) is 57.2 Å². The Balaban J connectivity index is 0.000000192. The largest absolute Gasteiger partial charge is 0.481 e. The first-order chi connectivity index (χ1) is 45.6. The summed E-state index contributed by atoms with van der Waals surface area (Å²) in [7, 11) is 0. The first-order valence-electron chi connectivity index (χ1n) is 30.8. The molecule has 0 saturated carbocycles. The molecule has 5 atom stereocenters. The Bertz CT molecular complexity index is 3720. The number of aliphatic carboxylic acids is 2. The van der Waals surface area contributed by atoms with Gasteiger partial charge in [0.05, 0.1) is 87.8 Å². The molecule has 97 heavy (non-hydrogen) atoms. The lowest BCUT2D eigenvalue weighted by molar-refractivity contribution is -0.160. The molecule has 5 aromatic carbocycles. The van der Waals surface area contributed by atoms with Gasteiger partial charge >= 0.3 is 29.8 Å². The van der Waals surface area contributed by atoms with E-state index in [9.17, 15) is 47.9 Å². The number of esters is 3. The Morgan fingerprint density at radius 1 is 0.340 bits per heavy atom. The number of rotatable bonds is 10. The van der Waals surface area contributed by atoms with Gasteiger partial charge in [-0.15, -0.1) is 0 Å². The Kier molecular flexibility index (Phi) is 24.8. The summed E-state index contributed by atoms with van der Waals surface area (Å²) in [5.74, 6) is -6.47. The molecule has 2 N–H and O–H groups in total. The van der Waals surface area contributed by atoms with Gasteiger partial charge in [-0.3, -0.25) is 47.9 Å². The lowest BCUT2D eigenvalue weighted by atomic mass is 10.1. The highest BCUT2D eigenvalue weighted by Gasteiger charge is 2.41. The fraction of sp³-hybridized carbons (Fsp3) is 0.375. The van der Waals surface area contributed by atoms with Gasteiger partial charge in [0.15, 0.2) is 0 Å². The fourth-order valence-electron chi connectivity index (χ4n) is 10.5. The molecule has 5 aliphatic rings. The smallest absolute Gasteiger partial charge is 0.311 e. The third kappa shape index (κ3) is 21.4. The van der Waals surface area contributed by atoms with E-state index in [1.54, 1.807) is 184 Å². The average molecular weight is 1320 g/mol. The van der Waals surface area contributed by atoms with E-state index in [0.29, 0.717) is 75.9 Å². The van der Waals surface area contributed by atoms with Crippen molar-refractivity contribution in [2.24, 2.45) is 29.6 Å². The van der Waals surface area contributed by atoms with Crippen LogP contribution in [-0.4, -0.2) is 119 Å². The van der Waals surface area contributed by atoms with Crippen LogP contribution in [0.2, 0.25) is 0 Å². The van der Waals surface area contributed by atoms with Crippen molar-refractivity contribution >= 4 is 87.8 Å². The summed E-state index contributed by atoms with van der Waals surface area (Å²) < 4.78 is 16.0. The molecule has 502 valence electrons. The van der Waals surface area contributed by atoms with Crippen molar-refractivity contribution in [2.45, 2.75) is 111 Å². The number of ether oxygens (including phenoxy) is 3. The highest BCUT2D eigenvalue weighted by atomic mass is 16.6. The molecule has 0 radical (unpaired) electrons. The lowest BCUT2D eigenvalue weighted by Crippen LogP contribution is -2.30. The normalized spacial score (nSPS) is 18.7.